The maximum absolute atomic E-state index is 12.7. The van der Waals surface area contributed by atoms with Crippen molar-refractivity contribution in [1.82, 2.24) is 15.3 Å². The normalized spacial score (nSPS) is 19.5. The van der Waals surface area contributed by atoms with Gasteiger partial charge in [-0.2, -0.15) is 0 Å². The fourth-order valence-electron chi connectivity index (χ4n) is 3.82. The molecule has 0 bridgehead atoms. The van der Waals surface area contributed by atoms with Crippen molar-refractivity contribution in [2.24, 2.45) is 0 Å². The molecule has 2 aromatic rings. The van der Waals surface area contributed by atoms with Crippen molar-refractivity contribution in [3.05, 3.63) is 35.5 Å². The molecule has 3 heterocycles. The van der Waals surface area contributed by atoms with Gasteiger partial charge in [0.25, 0.3) is 0 Å². The van der Waals surface area contributed by atoms with Gasteiger partial charge in [-0.15, -0.1) is 0 Å². The van der Waals surface area contributed by atoms with Crippen LogP contribution in [0.5, 0.6) is 0 Å². The molecule has 2 amide bonds. The largest absolute Gasteiger partial charge is 0.449 e. The summed E-state index contributed by atoms with van der Waals surface area (Å²) < 4.78 is 11.2. The third kappa shape index (κ3) is 4.05. The van der Waals surface area contributed by atoms with Gasteiger partial charge in [0, 0.05) is 24.3 Å². The third-order valence-corrected chi connectivity index (χ3v) is 5.39. The quantitative estimate of drug-likeness (QED) is 0.726. The molecule has 1 fully saturated rings. The minimum atomic E-state index is -0.839. The molecule has 2 N–H and O–H groups in total. The Morgan fingerprint density at radius 2 is 2.00 bits per heavy atom. The van der Waals surface area contributed by atoms with Crippen molar-refractivity contribution in [3.63, 3.8) is 0 Å². The summed E-state index contributed by atoms with van der Waals surface area (Å²) in [6.07, 6.45) is 0. The van der Waals surface area contributed by atoms with Gasteiger partial charge in [-0.05, 0) is 52.0 Å². The maximum atomic E-state index is 12.7. The van der Waals surface area contributed by atoms with Gasteiger partial charge >= 0.3 is 12.0 Å². The number of carbonyl (C=O) groups excluding carboxylic acids is 2. The van der Waals surface area contributed by atoms with Gasteiger partial charge in [0.15, 0.2) is 5.82 Å². The van der Waals surface area contributed by atoms with Crippen LogP contribution in [0.2, 0.25) is 0 Å². The van der Waals surface area contributed by atoms with Crippen molar-refractivity contribution in [2.75, 3.05) is 36.5 Å². The van der Waals surface area contributed by atoms with Crippen LogP contribution < -0.4 is 15.5 Å². The summed E-state index contributed by atoms with van der Waals surface area (Å²) in [5, 5.41) is 5.47. The standard InChI is InChI=1S/C22H27N5O4/c1-5-23-21(29)24-15-8-6-14(7-9-15)18-25-17-16(20(28)31-22(17,3)4)19(26-18)27-10-11-30-12-13(27)2/h6-9,13H,5,10-12H2,1-4H3,(H2,23,24,29)/t13-/m0/s1. The summed E-state index contributed by atoms with van der Waals surface area (Å²) in [5.74, 6) is 0.681. The SMILES string of the molecule is CCNC(=O)Nc1ccc(-c2nc(N3CCOC[C@@H]3C)c3c(n2)C(C)(C)OC3=O)cc1. The van der Waals surface area contributed by atoms with Crippen LogP contribution in [0.1, 0.15) is 43.7 Å². The molecule has 2 aliphatic rings. The topological polar surface area (TPSA) is 106 Å². The Bertz CT molecular complexity index is 1010. The molecule has 4 rings (SSSR count). The Kier molecular flexibility index (Phi) is 5.53. The van der Waals surface area contributed by atoms with Crippen LogP contribution in [0.4, 0.5) is 16.3 Å². The first kappa shape index (κ1) is 21.0. The lowest BCUT2D eigenvalue weighted by Crippen LogP contribution is -2.45. The van der Waals surface area contributed by atoms with E-state index in [0.29, 0.717) is 54.9 Å². The number of hydrogen-bond acceptors (Lipinski definition) is 7. The van der Waals surface area contributed by atoms with E-state index in [4.69, 9.17) is 19.4 Å². The van der Waals surface area contributed by atoms with E-state index in [1.165, 1.54) is 0 Å². The summed E-state index contributed by atoms with van der Waals surface area (Å²) in [4.78, 5) is 36.0. The number of aromatic nitrogens is 2. The second-order valence-corrected chi connectivity index (χ2v) is 8.17. The minimum absolute atomic E-state index is 0.0702. The highest BCUT2D eigenvalue weighted by atomic mass is 16.6. The Balaban J connectivity index is 1.74. The van der Waals surface area contributed by atoms with Crippen molar-refractivity contribution >= 4 is 23.5 Å². The number of rotatable bonds is 4. The zero-order valence-electron chi connectivity index (χ0n) is 18.2. The second-order valence-electron chi connectivity index (χ2n) is 8.17. The molecule has 1 aromatic carbocycles. The number of esters is 1. The number of amides is 2. The molecule has 0 radical (unpaired) electrons. The first-order chi connectivity index (χ1) is 14.8. The number of hydrogen-bond donors (Lipinski definition) is 2. The van der Waals surface area contributed by atoms with Gasteiger partial charge in [0.05, 0.1) is 19.3 Å². The van der Waals surface area contributed by atoms with Crippen molar-refractivity contribution in [3.8, 4) is 11.4 Å². The average Bonchev–Trinajstić information content (AvgIpc) is 2.97. The molecule has 0 spiro atoms. The predicted octanol–water partition coefficient (Wildman–Crippen LogP) is 2.92. The number of ether oxygens (including phenoxy) is 2. The highest BCUT2D eigenvalue weighted by molar-refractivity contribution is 5.99. The Hall–Kier alpha value is -3.20. The summed E-state index contributed by atoms with van der Waals surface area (Å²) in [6.45, 7) is 9.87. The Morgan fingerprint density at radius 3 is 2.68 bits per heavy atom. The third-order valence-electron chi connectivity index (χ3n) is 5.39. The monoisotopic (exact) mass is 425 g/mol. The number of nitrogens with one attached hydrogen (secondary N) is 2. The highest BCUT2D eigenvalue weighted by Gasteiger charge is 2.44. The van der Waals surface area contributed by atoms with E-state index in [-0.39, 0.29) is 12.1 Å². The number of anilines is 2. The van der Waals surface area contributed by atoms with Gasteiger partial charge in [-0.3, -0.25) is 0 Å². The van der Waals surface area contributed by atoms with E-state index in [1.807, 2.05) is 39.8 Å². The smallest absolute Gasteiger partial charge is 0.344 e. The number of cyclic esters (lactones) is 1. The van der Waals surface area contributed by atoms with Crippen LogP contribution in [0.3, 0.4) is 0 Å². The van der Waals surface area contributed by atoms with Crippen molar-refractivity contribution in [2.45, 2.75) is 39.3 Å². The molecular formula is C22H27N5O4. The molecule has 1 aromatic heterocycles. The lowest BCUT2D eigenvalue weighted by atomic mass is 10.0. The van der Waals surface area contributed by atoms with Gasteiger partial charge in [0.2, 0.25) is 0 Å². The number of nitrogens with zero attached hydrogens (tertiary/aromatic N) is 3. The van der Waals surface area contributed by atoms with Crippen LogP contribution >= 0.6 is 0 Å². The lowest BCUT2D eigenvalue weighted by molar-refractivity contribution is 0.00833. The number of carbonyl (C=O) groups is 2. The zero-order valence-corrected chi connectivity index (χ0v) is 18.2. The van der Waals surface area contributed by atoms with E-state index < -0.39 is 11.6 Å². The number of fused-ring (bicyclic) bond motifs is 1. The van der Waals surface area contributed by atoms with Crippen LogP contribution in [-0.4, -0.2) is 54.3 Å². The van der Waals surface area contributed by atoms with Crippen LogP contribution in [-0.2, 0) is 15.1 Å². The average molecular weight is 425 g/mol. The van der Waals surface area contributed by atoms with Gasteiger partial charge in [-0.1, -0.05) is 0 Å². The van der Waals surface area contributed by atoms with Gasteiger partial charge in [0.1, 0.15) is 22.7 Å². The Labute approximate surface area is 181 Å². The molecule has 9 heteroatoms. The molecule has 0 aliphatic carbocycles. The van der Waals surface area contributed by atoms with Crippen LogP contribution in [0.25, 0.3) is 11.4 Å². The highest BCUT2D eigenvalue weighted by Crippen LogP contribution is 2.40. The van der Waals surface area contributed by atoms with Gasteiger partial charge in [-0.25, -0.2) is 19.6 Å². The summed E-state index contributed by atoms with van der Waals surface area (Å²) in [7, 11) is 0. The van der Waals surface area contributed by atoms with E-state index in [0.717, 1.165) is 5.56 Å². The molecule has 1 atom stereocenters. The summed E-state index contributed by atoms with van der Waals surface area (Å²) in [6, 6.07) is 7.10. The summed E-state index contributed by atoms with van der Waals surface area (Å²) in [5.41, 5.74) is 1.62. The van der Waals surface area contributed by atoms with Gasteiger partial charge < -0.3 is 25.0 Å². The van der Waals surface area contributed by atoms with Crippen LogP contribution in [0, 0.1) is 0 Å². The maximum Gasteiger partial charge on any atom is 0.344 e. The molecule has 0 saturated carbocycles. The fraction of sp³-hybridized carbons (Fsp3) is 0.455. The zero-order chi connectivity index (χ0) is 22.2. The van der Waals surface area contributed by atoms with E-state index in [1.54, 1.807) is 12.1 Å². The first-order valence-electron chi connectivity index (χ1n) is 10.5. The predicted molar refractivity (Wildman–Crippen MR) is 116 cm³/mol. The van der Waals surface area contributed by atoms with Crippen molar-refractivity contribution in [1.29, 1.82) is 0 Å². The van der Waals surface area contributed by atoms with Crippen LogP contribution in [0.15, 0.2) is 24.3 Å². The molecule has 164 valence electrons. The van der Waals surface area contributed by atoms with E-state index in [9.17, 15) is 9.59 Å². The number of urea groups is 1. The number of morpholine rings is 1. The van der Waals surface area contributed by atoms with Crippen molar-refractivity contribution < 1.29 is 19.1 Å². The first-order valence-corrected chi connectivity index (χ1v) is 10.5. The fourth-order valence-corrected chi connectivity index (χ4v) is 3.82. The molecular weight excluding hydrogens is 398 g/mol. The molecule has 0 unspecified atom stereocenters. The molecule has 31 heavy (non-hydrogen) atoms. The number of benzene rings is 1. The second kappa shape index (κ2) is 8.14. The lowest BCUT2D eigenvalue weighted by Gasteiger charge is -2.35. The van der Waals surface area contributed by atoms with E-state index in [2.05, 4.69) is 15.5 Å². The molecule has 2 aliphatic heterocycles. The Morgan fingerprint density at radius 1 is 1.26 bits per heavy atom. The van der Waals surface area contributed by atoms with E-state index >= 15 is 0 Å². The molecule has 1 saturated heterocycles. The molecule has 9 nitrogen and oxygen atoms in total. The summed E-state index contributed by atoms with van der Waals surface area (Å²) >= 11 is 0. The minimum Gasteiger partial charge on any atom is -0.449 e.